The molecule has 3 aromatic rings. The number of hydrogen-bond acceptors (Lipinski definition) is 3. The lowest BCUT2D eigenvalue weighted by Gasteiger charge is -2.20. The minimum absolute atomic E-state index is 0.0859. The molecule has 4 nitrogen and oxygen atoms in total. The highest BCUT2D eigenvalue weighted by molar-refractivity contribution is 6.33. The van der Waals surface area contributed by atoms with Crippen molar-refractivity contribution in [3.8, 4) is 0 Å². The lowest BCUT2D eigenvalue weighted by molar-refractivity contribution is -0.137. The van der Waals surface area contributed by atoms with Crippen LogP contribution in [-0.4, -0.2) is 11.9 Å². The highest BCUT2D eigenvalue weighted by Crippen LogP contribution is 2.34. The van der Waals surface area contributed by atoms with Crippen molar-refractivity contribution in [1.29, 1.82) is 0 Å². The maximum Gasteiger partial charge on any atom is 0.416 e. The number of carbonyl (C=O) groups excluding carboxylic acids is 2. The van der Waals surface area contributed by atoms with E-state index in [4.69, 9.17) is 16.3 Å². The van der Waals surface area contributed by atoms with Crippen LogP contribution in [0.3, 0.4) is 0 Å². The Morgan fingerprint density at radius 1 is 0.882 bits per heavy atom. The van der Waals surface area contributed by atoms with Gasteiger partial charge in [0.05, 0.1) is 21.8 Å². The molecule has 0 bridgehead atoms. The van der Waals surface area contributed by atoms with Gasteiger partial charge in [-0.05, 0) is 41.3 Å². The molecule has 0 aliphatic carbocycles. The zero-order valence-electron chi connectivity index (χ0n) is 18.7. The summed E-state index contributed by atoms with van der Waals surface area (Å²) in [7, 11) is 0. The molecular weight excluding hydrogens is 467 g/mol. The van der Waals surface area contributed by atoms with Gasteiger partial charge in [0.2, 0.25) is 6.10 Å². The molecule has 0 spiro atoms. The fourth-order valence-electron chi connectivity index (χ4n) is 3.18. The van der Waals surface area contributed by atoms with Crippen molar-refractivity contribution in [2.24, 2.45) is 0 Å². The number of esters is 1. The van der Waals surface area contributed by atoms with Crippen molar-refractivity contribution in [3.63, 3.8) is 0 Å². The zero-order valence-corrected chi connectivity index (χ0v) is 19.5. The largest absolute Gasteiger partial charge is 0.444 e. The minimum atomic E-state index is -4.62. The summed E-state index contributed by atoms with van der Waals surface area (Å²) in [6.45, 7) is 6.11. The van der Waals surface area contributed by atoms with Gasteiger partial charge in [-0.15, -0.1) is 0 Å². The highest BCUT2D eigenvalue weighted by Gasteiger charge is 2.32. The SMILES string of the molecule is CC(C)(C)c1ccc(C(=O)O[C@H](C(=O)Nc2cc(C(F)(F)F)ccc2Cl)c2ccccc2)cc1. The molecule has 1 atom stereocenters. The third-order valence-electron chi connectivity index (χ3n) is 5.10. The number of amides is 1. The molecular formula is C26H23ClF3NO3. The number of nitrogens with one attached hydrogen (secondary N) is 1. The van der Waals surface area contributed by atoms with Crippen molar-refractivity contribution in [2.75, 3.05) is 5.32 Å². The van der Waals surface area contributed by atoms with E-state index in [1.807, 2.05) is 20.8 Å². The normalized spacial score (nSPS) is 12.7. The van der Waals surface area contributed by atoms with E-state index in [-0.39, 0.29) is 21.7 Å². The van der Waals surface area contributed by atoms with Crippen LogP contribution in [0.25, 0.3) is 0 Å². The van der Waals surface area contributed by atoms with Crippen molar-refractivity contribution < 1.29 is 27.5 Å². The zero-order chi connectivity index (χ0) is 25.1. The lowest BCUT2D eigenvalue weighted by atomic mass is 9.87. The molecule has 8 heteroatoms. The Morgan fingerprint density at radius 3 is 2.03 bits per heavy atom. The highest BCUT2D eigenvalue weighted by atomic mass is 35.5. The van der Waals surface area contributed by atoms with Crippen LogP contribution in [0.5, 0.6) is 0 Å². The number of hydrogen-bond donors (Lipinski definition) is 1. The Bertz CT molecular complexity index is 1170. The Balaban J connectivity index is 1.87. The van der Waals surface area contributed by atoms with Crippen molar-refractivity contribution in [2.45, 2.75) is 38.5 Å². The van der Waals surface area contributed by atoms with Gasteiger partial charge >= 0.3 is 12.1 Å². The maximum atomic E-state index is 13.1. The Hall–Kier alpha value is -3.32. The molecule has 3 aromatic carbocycles. The van der Waals surface area contributed by atoms with Gasteiger partial charge in [-0.3, -0.25) is 4.79 Å². The maximum absolute atomic E-state index is 13.1. The summed E-state index contributed by atoms with van der Waals surface area (Å²) < 4.78 is 44.8. The van der Waals surface area contributed by atoms with Crippen LogP contribution in [-0.2, 0) is 21.1 Å². The Labute approximate surface area is 200 Å². The third-order valence-corrected chi connectivity index (χ3v) is 5.43. The molecule has 0 radical (unpaired) electrons. The first-order valence-electron chi connectivity index (χ1n) is 10.4. The third kappa shape index (κ3) is 6.17. The van der Waals surface area contributed by atoms with Crippen LogP contribution >= 0.6 is 11.6 Å². The van der Waals surface area contributed by atoms with E-state index in [0.29, 0.717) is 5.56 Å². The summed E-state index contributed by atoms with van der Waals surface area (Å²) in [6.07, 6.45) is -6.03. The van der Waals surface area contributed by atoms with Gasteiger partial charge < -0.3 is 10.1 Å². The van der Waals surface area contributed by atoms with Gasteiger partial charge in [-0.25, -0.2) is 4.79 Å². The summed E-state index contributed by atoms with van der Waals surface area (Å²) in [4.78, 5) is 25.9. The lowest BCUT2D eigenvalue weighted by Crippen LogP contribution is -2.26. The van der Waals surface area contributed by atoms with Crippen LogP contribution in [0.15, 0.2) is 72.8 Å². The molecule has 0 saturated carbocycles. The van der Waals surface area contributed by atoms with Crippen LogP contribution in [0, 0.1) is 0 Å². The van der Waals surface area contributed by atoms with E-state index < -0.39 is 29.7 Å². The number of alkyl halides is 3. The van der Waals surface area contributed by atoms with E-state index in [0.717, 1.165) is 23.8 Å². The molecule has 0 fully saturated rings. The minimum Gasteiger partial charge on any atom is -0.444 e. The number of anilines is 1. The van der Waals surface area contributed by atoms with Crippen LogP contribution in [0.1, 0.15) is 53.9 Å². The van der Waals surface area contributed by atoms with Crippen molar-refractivity contribution in [3.05, 3.63) is 100 Å². The fourth-order valence-corrected chi connectivity index (χ4v) is 3.34. The smallest absolute Gasteiger partial charge is 0.416 e. The first-order chi connectivity index (χ1) is 15.9. The standard InChI is InChI=1S/C26H23ClF3NO3/c1-25(2,3)18-11-9-17(10-12-18)24(33)34-22(16-7-5-4-6-8-16)23(32)31-21-15-19(26(28,29)30)13-14-20(21)27/h4-15,22H,1-3H3,(H,31,32)/t22-/m0/s1. The molecule has 3 rings (SSSR count). The second-order valence-electron chi connectivity index (χ2n) is 8.71. The average molecular weight is 490 g/mol. The molecule has 1 N–H and O–H groups in total. The summed E-state index contributed by atoms with van der Waals surface area (Å²) in [5, 5.41) is 2.27. The van der Waals surface area contributed by atoms with Gasteiger partial charge in [0.25, 0.3) is 5.91 Å². The first kappa shape index (κ1) is 25.3. The molecule has 0 unspecified atom stereocenters. The summed E-state index contributed by atoms with van der Waals surface area (Å²) in [5.41, 5.74) is 0.272. The molecule has 1 amide bonds. The molecule has 0 aromatic heterocycles. The molecule has 0 saturated heterocycles. The monoisotopic (exact) mass is 489 g/mol. The number of carbonyl (C=O) groups is 2. The topological polar surface area (TPSA) is 55.4 Å². The van der Waals surface area contributed by atoms with Gasteiger partial charge in [0, 0.05) is 5.56 Å². The second kappa shape index (κ2) is 9.89. The number of rotatable bonds is 5. The van der Waals surface area contributed by atoms with Gasteiger partial charge in [-0.2, -0.15) is 13.2 Å². The van der Waals surface area contributed by atoms with E-state index in [1.165, 1.54) is 0 Å². The Morgan fingerprint density at radius 2 is 1.47 bits per heavy atom. The van der Waals surface area contributed by atoms with E-state index in [9.17, 15) is 22.8 Å². The van der Waals surface area contributed by atoms with Crippen molar-refractivity contribution in [1.82, 2.24) is 0 Å². The predicted molar refractivity (Wildman–Crippen MR) is 125 cm³/mol. The predicted octanol–water partition coefficient (Wildman–Crippen LogP) is 7.19. The molecule has 34 heavy (non-hydrogen) atoms. The quantitative estimate of drug-likeness (QED) is 0.386. The molecule has 0 heterocycles. The summed E-state index contributed by atoms with van der Waals surface area (Å²) >= 11 is 6.00. The molecule has 0 aliphatic heterocycles. The second-order valence-corrected chi connectivity index (χ2v) is 9.11. The average Bonchev–Trinajstić information content (AvgIpc) is 2.78. The molecule has 0 aliphatic rings. The summed E-state index contributed by atoms with van der Waals surface area (Å²) in [6, 6.07) is 17.6. The van der Waals surface area contributed by atoms with Crippen LogP contribution in [0.2, 0.25) is 5.02 Å². The number of halogens is 4. The van der Waals surface area contributed by atoms with E-state index in [1.54, 1.807) is 54.6 Å². The summed E-state index contributed by atoms with van der Waals surface area (Å²) in [5.74, 6) is -1.59. The van der Waals surface area contributed by atoms with Gasteiger partial charge in [-0.1, -0.05) is 74.8 Å². The van der Waals surface area contributed by atoms with Gasteiger partial charge in [0.15, 0.2) is 0 Å². The molecule has 178 valence electrons. The van der Waals surface area contributed by atoms with E-state index >= 15 is 0 Å². The number of benzene rings is 3. The first-order valence-corrected chi connectivity index (χ1v) is 10.8. The van der Waals surface area contributed by atoms with Crippen LogP contribution < -0.4 is 5.32 Å². The Kier molecular flexibility index (Phi) is 7.36. The number of ether oxygens (including phenoxy) is 1. The van der Waals surface area contributed by atoms with E-state index in [2.05, 4.69) is 5.32 Å². The van der Waals surface area contributed by atoms with Crippen molar-refractivity contribution >= 4 is 29.2 Å². The van der Waals surface area contributed by atoms with Gasteiger partial charge in [0.1, 0.15) is 0 Å². The fraction of sp³-hybridized carbons (Fsp3) is 0.231. The van der Waals surface area contributed by atoms with Crippen LogP contribution in [0.4, 0.5) is 18.9 Å².